The minimum Gasteiger partial charge on any atom is -0.341 e. The zero-order chi connectivity index (χ0) is 14.3. The Morgan fingerprint density at radius 1 is 1.30 bits per heavy atom. The highest BCUT2D eigenvalue weighted by Gasteiger charge is 2.14. The molecule has 3 aromatic rings. The molecule has 0 spiro atoms. The van der Waals surface area contributed by atoms with E-state index in [1.165, 1.54) is 10.9 Å². The van der Waals surface area contributed by atoms with Crippen LogP contribution in [0.1, 0.15) is 18.3 Å². The van der Waals surface area contributed by atoms with Gasteiger partial charge in [0.1, 0.15) is 0 Å². The van der Waals surface area contributed by atoms with Crippen LogP contribution in [-0.2, 0) is 20.0 Å². The molecule has 3 nitrogen and oxygen atoms in total. The van der Waals surface area contributed by atoms with Crippen LogP contribution in [0.3, 0.4) is 0 Å². The van der Waals surface area contributed by atoms with Crippen molar-refractivity contribution in [3.63, 3.8) is 0 Å². The molecule has 0 saturated heterocycles. The Kier molecular flexibility index (Phi) is 3.61. The number of aryl methyl sites for hydroxylation is 2. The predicted molar refractivity (Wildman–Crippen MR) is 86.3 cm³/mol. The van der Waals surface area contributed by atoms with Gasteiger partial charge >= 0.3 is 0 Å². The smallest absolute Gasteiger partial charge is 0.0868 e. The fourth-order valence-electron chi connectivity index (χ4n) is 2.46. The zero-order valence-corrected chi connectivity index (χ0v) is 13.7. The van der Waals surface area contributed by atoms with Crippen molar-refractivity contribution in [2.75, 3.05) is 0 Å². The minimum atomic E-state index is 0.730. The van der Waals surface area contributed by atoms with Gasteiger partial charge < -0.3 is 4.57 Å². The summed E-state index contributed by atoms with van der Waals surface area (Å²) in [6, 6.07) is 8.41. The van der Waals surface area contributed by atoms with Crippen LogP contribution in [-0.4, -0.2) is 14.3 Å². The molecule has 2 heterocycles. The van der Waals surface area contributed by atoms with Crippen LogP contribution < -0.4 is 0 Å². The van der Waals surface area contributed by atoms with Crippen molar-refractivity contribution in [1.29, 1.82) is 0 Å². The maximum absolute atomic E-state index is 6.42. The van der Waals surface area contributed by atoms with E-state index < -0.39 is 0 Å². The molecule has 5 heteroatoms. The second-order valence-electron chi connectivity index (χ2n) is 4.83. The zero-order valence-electron chi connectivity index (χ0n) is 11.4. The second kappa shape index (κ2) is 5.26. The van der Waals surface area contributed by atoms with Crippen LogP contribution in [0, 0.1) is 0 Å². The van der Waals surface area contributed by atoms with Crippen LogP contribution in [0.5, 0.6) is 0 Å². The van der Waals surface area contributed by atoms with E-state index in [-0.39, 0.29) is 0 Å². The lowest BCUT2D eigenvalue weighted by molar-refractivity contribution is 0.670. The topological polar surface area (TPSA) is 22.8 Å². The van der Waals surface area contributed by atoms with E-state index in [9.17, 15) is 0 Å². The largest absolute Gasteiger partial charge is 0.341 e. The van der Waals surface area contributed by atoms with Gasteiger partial charge in [-0.15, -0.1) is 0 Å². The van der Waals surface area contributed by atoms with E-state index in [1.54, 1.807) is 0 Å². The van der Waals surface area contributed by atoms with Crippen LogP contribution in [0.15, 0.2) is 34.9 Å². The van der Waals surface area contributed by atoms with Gasteiger partial charge in [-0.1, -0.05) is 34.5 Å². The van der Waals surface area contributed by atoms with Gasteiger partial charge in [-0.3, -0.25) is 4.68 Å². The summed E-state index contributed by atoms with van der Waals surface area (Å²) in [4.78, 5) is 0. The van der Waals surface area contributed by atoms with Gasteiger partial charge in [-0.05, 0) is 30.7 Å². The summed E-state index contributed by atoms with van der Waals surface area (Å²) in [5.41, 5.74) is 3.20. The lowest BCUT2D eigenvalue weighted by atomic mass is 10.2. The summed E-state index contributed by atoms with van der Waals surface area (Å²) in [7, 11) is 1.95. The SMILES string of the molecule is CCc1nn(C)c(Cn2ccc3cc(Br)ccc32)c1Cl. The predicted octanol–water partition coefficient (Wildman–Crippen LogP) is 4.40. The molecule has 0 radical (unpaired) electrons. The highest BCUT2D eigenvalue weighted by atomic mass is 79.9. The molecule has 0 N–H and O–H groups in total. The van der Waals surface area contributed by atoms with Gasteiger partial charge in [-0.25, -0.2) is 0 Å². The van der Waals surface area contributed by atoms with Gasteiger partial charge in [0.15, 0.2) is 0 Å². The van der Waals surface area contributed by atoms with Crippen molar-refractivity contribution >= 4 is 38.4 Å². The molecule has 0 fully saturated rings. The highest BCUT2D eigenvalue weighted by Crippen LogP contribution is 2.25. The Balaban J connectivity index is 2.03. The first-order valence-electron chi connectivity index (χ1n) is 6.54. The molecule has 0 unspecified atom stereocenters. The molecule has 1 aromatic carbocycles. The number of benzene rings is 1. The Morgan fingerprint density at radius 2 is 2.10 bits per heavy atom. The maximum Gasteiger partial charge on any atom is 0.0868 e. The first-order valence-corrected chi connectivity index (χ1v) is 7.72. The number of fused-ring (bicyclic) bond motifs is 1. The van der Waals surface area contributed by atoms with E-state index in [0.29, 0.717) is 0 Å². The van der Waals surface area contributed by atoms with Crippen LogP contribution in [0.4, 0.5) is 0 Å². The first-order chi connectivity index (χ1) is 9.60. The molecule has 104 valence electrons. The number of rotatable bonds is 3. The third kappa shape index (κ3) is 2.27. The number of halogens is 2. The molecule has 0 amide bonds. The highest BCUT2D eigenvalue weighted by molar-refractivity contribution is 9.10. The molecular formula is C15H15BrClN3. The molecule has 0 atom stereocenters. The fraction of sp³-hybridized carbons (Fsp3) is 0.267. The molecule has 3 rings (SSSR count). The Hall–Kier alpha value is -1.26. The third-order valence-electron chi connectivity index (χ3n) is 3.56. The van der Waals surface area contributed by atoms with E-state index in [4.69, 9.17) is 11.6 Å². The molecule has 2 aromatic heterocycles. The van der Waals surface area contributed by atoms with Gasteiger partial charge in [0.05, 0.1) is 23.0 Å². The summed E-state index contributed by atoms with van der Waals surface area (Å²) in [5, 5.41) is 6.47. The van der Waals surface area contributed by atoms with Crippen molar-refractivity contribution in [2.24, 2.45) is 7.05 Å². The fourth-order valence-corrected chi connectivity index (χ4v) is 3.19. The van der Waals surface area contributed by atoms with Crippen molar-refractivity contribution in [2.45, 2.75) is 19.9 Å². The van der Waals surface area contributed by atoms with Gasteiger partial charge in [0.2, 0.25) is 0 Å². The number of aromatic nitrogens is 3. The van der Waals surface area contributed by atoms with Crippen molar-refractivity contribution in [3.05, 3.63) is 51.3 Å². The van der Waals surface area contributed by atoms with E-state index >= 15 is 0 Å². The Bertz CT molecular complexity index is 773. The third-order valence-corrected chi connectivity index (χ3v) is 4.49. The van der Waals surface area contributed by atoms with Gasteiger partial charge in [0.25, 0.3) is 0 Å². The van der Waals surface area contributed by atoms with Crippen LogP contribution in [0.25, 0.3) is 10.9 Å². The van der Waals surface area contributed by atoms with E-state index in [0.717, 1.165) is 33.8 Å². The average molecular weight is 353 g/mol. The molecule has 0 aliphatic rings. The monoisotopic (exact) mass is 351 g/mol. The van der Waals surface area contributed by atoms with E-state index in [1.807, 2.05) is 11.7 Å². The second-order valence-corrected chi connectivity index (χ2v) is 6.12. The summed E-state index contributed by atoms with van der Waals surface area (Å²) in [5.74, 6) is 0. The lowest BCUT2D eigenvalue weighted by Crippen LogP contribution is -2.05. The summed E-state index contributed by atoms with van der Waals surface area (Å²) < 4.78 is 5.17. The van der Waals surface area contributed by atoms with Crippen molar-refractivity contribution in [3.8, 4) is 0 Å². The quantitative estimate of drug-likeness (QED) is 0.685. The summed E-state index contributed by atoms with van der Waals surface area (Å²) in [6.45, 7) is 2.80. The normalized spacial score (nSPS) is 11.4. The molecule has 0 bridgehead atoms. The lowest BCUT2D eigenvalue weighted by Gasteiger charge is -2.07. The van der Waals surface area contributed by atoms with Crippen LogP contribution >= 0.6 is 27.5 Å². The molecule has 0 saturated carbocycles. The summed E-state index contributed by atoms with van der Waals surface area (Å²) >= 11 is 9.92. The first kappa shape index (κ1) is 13.7. The molecule has 20 heavy (non-hydrogen) atoms. The van der Waals surface area contributed by atoms with E-state index in [2.05, 4.69) is 63.0 Å². The number of nitrogens with zero attached hydrogens (tertiary/aromatic N) is 3. The average Bonchev–Trinajstić information content (AvgIpc) is 2.94. The number of hydrogen-bond acceptors (Lipinski definition) is 1. The number of hydrogen-bond donors (Lipinski definition) is 0. The molecule has 0 aliphatic carbocycles. The van der Waals surface area contributed by atoms with Crippen molar-refractivity contribution < 1.29 is 0 Å². The van der Waals surface area contributed by atoms with Crippen molar-refractivity contribution in [1.82, 2.24) is 14.3 Å². The summed E-state index contributed by atoms with van der Waals surface area (Å²) in [6.07, 6.45) is 2.94. The Labute approximate surface area is 131 Å². The standard InChI is InChI=1S/C15H15BrClN3/c1-3-12-15(17)14(19(2)18-12)9-20-7-6-10-8-11(16)4-5-13(10)20/h4-8H,3,9H2,1-2H3. The molecule has 0 aliphatic heterocycles. The molecular weight excluding hydrogens is 338 g/mol. The van der Waals surface area contributed by atoms with Crippen LogP contribution in [0.2, 0.25) is 5.02 Å². The van der Waals surface area contributed by atoms with Gasteiger partial charge in [0, 0.05) is 28.6 Å². The maximum atomic E-state index is 6.42. The van der Waals surface area contributed by atoms with Gasteiger partial charge in [-0.2, -0.15) is 5.10 Å². The Morgan fingerprint density at radius 3 is 2.80 bits per heavy atom. The minimum absolute atomic E-state index is 0.730.